The number of nitrogens with two attached hydrogens (primary N) is 1. The zero-order chi connectivity index (χ0) is 13.7. The smallest absolute Gasteiger partial charge is 0.224 e. The Morgan fingerprint density at radius 2 is 2.11 bits per heavy atom. The van der Waals surface area contributed by atoms with E-state index < -0.39 is 0 Å². The Morgan fingerprint density at radius 1 is 1.26 bits per heavy atom. The summed E-state index contributed by atoms with van der Waals surface area (Å²) in [6.45, 7) is 1.06. The molecular formula is C14H21N3O2. The number of aliphatic hydroxyl groups excluding tert-OH is 1. The molecule has 19 heavy (non-hydrogen) atoms. The van der Waals surface area contributed by atoms with Gasteiger partial charge < -0.3 is 21.5 Å². The van der Waals surface area contributed by atoms with Gasteiger partial charge in [-0.05, 0) is 43.4 Å². The Morgan fingerprint density at radius 3 is 2.89 bits per heavy atom. The lowest BCUT2D eigenvalue weighted by atomic mass is 10.0. The van der Waals surface area contributed by atoms with Crippen LogP contribution in [0.25, 0.3) is 0 Å². The van der Waals surface area contributed by atoms with Crippen LogP contribution in [0.15, 0.2) is 12.1 Å². The van der Waals surface area contributed by atoms with Gasteiger partial charge in [0.2, 0.25) is 5.91 Å². The van der Waals surface area contributed by atoms with Crippen molar-refractivity contribution in [3.05, 3.63) is 17.7 Å². The number of benzene rings is 1. The number of carbonyl (C=O) groups is 1. The number of rotatable bonds is 6. The van der Waals surface area contributed by atoms with E-state index in [1.807, 2.05) is 12.1 Å². The fourth-order valence-corrected chi connectivity index (χ4v) is 2.24. The van der Waals surface area contributed by atoms with E-state index in [0.29, 0.717) is 6.42 Å². The molecule has 0 saturated carbocycles. The SMILES string of the molecule is Nc1cc2c(cc1NCCCCCO)NC(=O)CC2. The molecule has 1 heterocycles. The van der Waals surface area contributed by atoms with Crippen molar-refractivity contribution < 1.29 is 9.90 Å². The zero-order valence-electron chi connectivity index (χ0n) is 11.0. The highest BCUT2D eigenvalue weighted by Crippen LogP contribution is 2.30. The summed E-state index contributed by atoms with van der Waals surface area (Å²) in [5, 5.41) is 14.9. The van der Waals surface area contributed by atoms with E-state index in [1.165, 1.54) is 0 Å². The third-order valence-electron chi connectivity index (χ3n) is 3.32. The first kappa shape index (κ1) is 13.7. The lowest BCUT2D eigenvalue weighted by molar-refractivity contribution is -0.116. The van der Waals surface area contributed by atoms with Gasteiger partial charge in [0, 0.05) is 25.3 Å². The molecule has 0 atom stereocenters. The fourth-order valence-electron chi connectivity index (χ4n) is 2.24. The summed E-state index contributed by atoms with van der Waals surface area (Å²) in [6.07, 6.45) is 4.09. The summed E-state index contributed by atoms with van der Waals surface area (Å²) in [5.74, 6) is 0.0613. The molecule has 5 N–H and O–H groups in total. The molecule has 0 aliphatic carbocycles. The number of aliphatic hydroxyl groups is 1. The van der Waals surface area contributed by atoms with Gasteiger partial charge in [0.05, 0.1) is 11.4 Å². The van der Waals surface area contributed by atoms with Crippen molar-refractivity contribution in [1.29, 1.82) is 0 Å². The van der Waals surface area contributed by atoms with Crippen LogP contribution in [0, 0.1) is 0 Å². The number of hydrogen-bond donors (Lipinski definition) is 4. The molecule has 0 radical (unpaired) electrons. The van der Waals surface area contributed by atoms with Gasteiger partial charge in [-0.1, -0.05) is 0 Å². The molecule has 0 saturated heterocycles. The normalized spacial score (nSPS) is 13.8. The first-order chi connectivity index (χ1) is 9.20. The maximum absolute atomic E-state index is 11.4. The Balaban J connectivity index is 1.97. The molecule has 5 heteroatoms. The highest BCUT2D eigenvalue weighted by Gasteiger charge is 2.16. The number of carbonyl (C=O) groups excluding carboxylic acids is 1. The van der Waals surface area contributed by atoms with E-state index in [4.69, 9.17) is 10.8 Å². The van der Waals surface area contributed by atoms with Crippen molar-refractivity contribution >= 4 is 23.0 Å². The Labute approximate surface area is 113 Å². The molecule has 0 aromatic heterocycles. The number of unbranched alkanes of at least 4 members (excludes halogenated alkanes) is 2. The second-order valence-corrected chi connectivity index (χ2v) is 4.86. The first-order valence-corrected chi connectivity index (χ1v) is 6.77. The molecule has 104 valence electrons. The monoisotopic (exact) mass is 263 g/mol. The molecule has 2 rings (SSSR count). The number of anilines is 3. The molecule has 1 aromatic carbocycles. The lowest BCUT2D eigenvalue weighted by Gasteiger charge is -2.19. The number of nitrogen functional groups attached to an aromatic ring is 1. The Bertz CT molecular complexity index is 460. The molecule has 1 aliphatic heterocycles. The van der Waals surface area contributed by atoms with Crippen molar-refractivity contribution in [1.82, 2.24) is 0 Å². The largest absolute Gasteiger partial charge is 0.397 e. The molecule has 1 amide bonds. The van der Waals surface area contributed by atoms with E-state index in [1.54, 1.807) is 0 Å². The number of nitrogens with one attached hydrogen (secondary N) is 2. The maximum atomic E-state index is 11.4. The van der Waals surface area contributed by atoms with Gasteiger partial charge in [0.1, 0.15) is 0 Å². The molecule has 0 bridgehead atoms. The van der Waals surface area contributed by atoms with Crippen molar-refractivity contribution in [3.8, 4) is 0 Å². The average Bonchev–Trinajstić information content (AvgIpc) is 2.39. The van der Waals surface area contributed by atoms with Gasteiger partial charge in [0.25, 0.3) is 0 Å². The second kappa shape index (κ2) is 6.43. The Kier molecular flexibility index (Phi) is 4.63. The summed E-state index contributed by atoms with van der Waals surface area (Å²) in [5.41, 5.74) is 9.55. The average molecular weight is 263 g/mol. The minimum atomic E-state index is 0.0613. The van der Waals surface area contributed by atoms with Gasteiger partial charge in [-0.25, -0.2) is 0 Å². The van der Waals surface area contributed by atoms with Crippen LogP contribution in [-0.2, 0) is 11.2 Å². The quantitative estimate of drug-likeness (QED) is 0.465. The fraction of sp³-hybridized carbons (Fsp3) is 0.500. The molecule has 1 aliphatic rings. The van der Waals surface area contributed by atoms with Crippen LogP contribution < -0.4 is 16.4 Å². The van der Waals surface area contributed by atoms with Crippen molar-refractivity contribution in [2.24, 2.45) is 0 Å². The van der Waals surface area contributed by atoms with Crippen LogP contribution >= 0.6 is 0 Å². The topological polar surface area (TPSA) is 87.4 Å². The van der Waals surface area contributed by atoms with Gasteiger partial charge in [-0.3, -0.25) is 4.79 Å². The van der Waals surface area contributed by atoms with Crippen molar-refractivity contribution in [2.45, 2.75) is 32.1 Å². The van der Waals surface area contributed by atoms with Crippen LogP contribution in [0.5, 0.6) is 0 Å². The number of hydrogen-bond acceptors (Lipinski definition) is 4. The summed E-state index contributed by atoms with van der Waals surface area (Å²) in [6, 6.07) is 3.85. The minimum absolute atomic E-state index is 0.0613. The number of aryl methyl sites for hydroxylation is 1. The van der Waals surface area contributed by atoms with E-state index in [0.717, 1.165) is 54.9 Å². The van der Waals surface area contributed by atoms with Gasteiger partial charge in [-0.2, -0.15) is 0 Å². The highest BCUT2D eigenvalue weighted by molar-refractivity contribution is 5.95. The molecule has 0 unspecified atom stereocenters. The Hall–Kier alpha value is -1.75. The summed E-state index contributed by atoms with van der Waals surface area (Å²) in [7, 11) is 0. The second-order valence-electron chi connectivity index (χ2n) is 4.86. The van der Waals surface area contributed by atoms with Crippen molar-refractivity contribution in [2.75, 3.05) is 29.5 Å². The van der Waals surface area contributed by atoms with Gasteiger partial charge in [0.15, 0.2) is 0 Å². The van der Waals surface area contributed by atoms with E-state index in [9.17, 15) is 4.79 Å². The molecule has 5 nitrogen and oxygen atoms in total. The van der Waals surface area contributed by atoms with Crippen LogP contribution in [0.4, 0.5) is 17.1 Å². The number of fused-ring (bicyclic) bond motifs is 1. The summed E-state index contributed by atoms with van der Waals surface area (Å²) >= 11 is 0. The molecule has 0 spiro atoms. The van der Waals surface area contributed by atoms with E-state index in [2.05, 4.69) is 10.6 Å². The zero-order valence-corrected chi connectivity index (χ0v) is 11.0. The van der Waals surface area contributed by atoms with Crippen LogP contribution in [0.3, 0.4) is 0 Å². The van der Waals surface area contributed by atoms with Crippen LogP contribution in [0.1, 0.15) is 31.2 Å². The predicted octanol–water partition coefficient (Wildman–Crippen LogP) is 1.73. The van der Waals surface area contributed by atoms with E-state index >= 15 is 0 Å². The molecule has 1 aromatic rings. The van der Waals surface area contributed by atoms with Gasteiger partial charge in [-0.15, -0.1) is 0 Å². The minimum Gasteiger partial charge on any atom is -0.397 e. The van der Waals surface area contributed by atoms with Crippen LogP contribution in [0.2, 0.25) is 0 Å². The standard InChI is InChI=1S/C14H21N3O2/c15-11-8-10-4-5-14(19)17-12(10)9-13(11)16-6-2-1-3-7-18/h8-9,16,18H,1-7,15H2,(H,17,19). The maximum Gasteiger partial charge on any atom is 0.224 e. The summed E-state index contributed by atoms with van der Waals surface area (Å²) < 4.78 is 0. The third-order valence-corrected chi connectivity index (χ3v) is 3.32. The molecule has 0 fully saturated rings. The van der Waals surface area contributed by atoms with E-state index in [-0.39, 0.29) is 12.5 Å². The predicted molar refractivity (Wildman–Crippen MR) is 77.2 cm³/mol. The third kappa shape index (κ3) is 3.61. The summed E-state index contributed by atoms with van der Waals surface area (Å²) in [4.78, 5) is 11.4. The first-order valence-electron chi connectivity index (χ1n) is 6.77. The highest BCUT2D eigenvalue weighted by atomic mass is 16.2. The van der Waals surface area contributed by atoms with Gasteiger partial charge >= 0.3 is 0 Å². The van der Waals surface area contributed by atoms with Crippen molar-refractivity contribution in [3.63, 3.8) is 0 Å². The lowest BCUT2D eigenvalue weighted by Crippen LogP contribution is -2.19. The number of amides is 1. The molecular weight excluding hydrogens is 242 g/mol. The van der Waals surface area contributed by atoms with Crippen LogP contribution in [-0.4, -0.2) is 24.2 Å².